The van der Waals surface area contributed by atoms with Gasteiger partial charge >= 0.3 is 12.1 Å². The summed E-state index contributed by atoms with van der Waals surface area (Å²) >= 11 is 0. The number of hydrogen-bond acceptors (Lipinski definition) is 4. The van der Waals surface area contributed by atoms with Crippen LogP contribution in [0.2, 0.25) is 0 Å². The van der Waals surface area contributed by atoms with Crippen molar-refractivity contribution >= 4 is 23.7 Å². The number of halogens is 1. The number of aromatic carboxylic acids is 1. The molecule has 2 aliphatic rings. The third kappa shape index (κ3) is 4.59. The highest BCUT2D eigenvalue weighted by molar-refractivity contribution is 5.96. The van der Waals surface area contributed by atoms with Crippen LogP contribution in [0.15, 0.2) is 66.7 Å². The third-order valence-electron chi connectivity index (χ3n) is 6.58. The standard InChI is InChI=1S/C27H23FN2O5/c28-24-10-9-16(12-22(24)26(32)33)30-25(31)21-11-15(21)13-29-27(34)35-14-23-19-7-3-1-5-17(19)18-6-2-4-8-20(18)23/h1-10,12,15,21,23H,11,13-14H2,(H,29,34)(H,30,31)(H,32,33)/t15-,21-/m1/s1. The Hall–Kier alpha value is -4.20. The van der Waals surface area contributed by atoms with Crippen LogP contribution in [0, 0.1) is 17.7 Å². The highest BCUT2D eigenvalue weighted by Gasteiger charge is 2.43. The van der Waals surface area contributed by atoms with Gasteiger partial charge in [0.05, 0.1) is 5.56 Å². The van der Waals surface area contributed by atoms with Gasteiger partial charge in [-0.15, -0.1) is 0 Å². The summed E-state index contributed by atoms with van der Waals surface area (Å²) in [5.74, 6) is -2.97. The number of carboxylic acid groups (broad SMARTS) is 1. The van der Waals surface area contributed by atoms with E-state index in [1.165, 1.54) is 6.07 Å². The highest BCUT2D eigenvalue weighted by Crippen LogP contribution is 2.44. The maximum atomic E-state index is 13.5. The molecule has 178 valence electrons. The Kier molecular flexibility index (Phi) is 5.94. The van der Waals surface area contributed by atoms with Crippen LogP contribution in [-0.2, 0) is 9.53 Å². The topological polar surface area (TPSA) is 105 Å². The van der Waals surface area contributed by atoms with Crippen molar-refractivity contribution in [3.05, 3.63) is 89.2 Å². The van der Waals surface area contributed by atoms with Crippen molar-refractivity contribution in [3.63, 3.8) is 0 Å². The van der Waals surface area contributed by atoms with Crippen LogP contribution >= 0.6 is 0 Å². The van der Waals surface area contributed by atoms with Crippen LogP contribution in [0.3, 0.4) is 0 Å². The van der Waals surface area contributed by atoms with Gasteiger partial charge in [0.1, 0.15) is 12.4 Å². The first-order valence-corrected chi connectivity index (χ1v) is 11.3. The molecule has 3 aromatic rings. The zero-order valence-corrected chi connectivity index (χ0v) is 18.7. The number of benzene rings is 3. The first-order valence-electron chi connectivity index (χ1n) is 11.3. The molecular weight excluding hydrogens is 451 g/mol. The van der Waals surface area contributed by atoms with Gasteiger partial charge < -0.3 is 20.5 Å². The second kappa shape index (κ2) is 9.21. The maximum absolute atomic E-state index is 13.5. The van der Waals surface area contributed by atoms with E-state index in [1.807, 2.05) is 24.3 Å². The SMILES string of the molecule is O=C(NC[C@H]1C[C@H]1C(=O)Nc1ccc(F)c(C(=O)O)c1)OCC1c2ccccc2-c2ccccc21. The lowest BCUT2D eigenvalue weighted by Gasteiger charge is -2.14. The van der Waals surface area contributed by atoms with Gasteiger partial charge in [-0.3, -0.25) is 4.79 Å². The molecule has 3 N–H and O–H groups in total. The van der Waals surface area contributed by atoms with Crippen LogP contribution in [-0.4, -0.2) is 36.2 Å². The fraction of sp³-hybridized carbons (Fsp3) is 0.222. The van der Waals surface area contributed by atoms with Gasteiger partial charge in [0.2, 0.25) is 5.91 Å². The quantitative estimate of drug-likeness (QED) is 0.463. The molecule has 35 heavy (non-hydrogen) atoms. The summed E-state index contributed by atoms with van der Waals surface area (Å²) in [4.78, 5) is 35.8. The number of ether oxygens (including phenoxy) is 1. The molecule has 0 aromatic heterocycles. The predicted molar refractivity (Wildman–Crippen MR) is 127 cm³/mol. The molecule has 5 rings (SSSR count). The number of alkyl carbamates (subject to hydrolysis) is 1. The summed E-state index contributed by atoms with van der Waals surface area (Å²) < 4.78 is 19.0. The Morgan fingerprint density at radius 2 is 1.63 bits per heavy atom. The molecule has 0 aliphatic heterocycles. The number of carbonyl (C=O) groups is 3. The van der Waals surface area contributed by atoms with Crippen LogP contribution in [0.25, 0.3) is 11.1 Å². The number of rotatable bonds is 7. The molecule has 0 unspecified atom stereocenters. The van der Waals surface area contributed by atoms with E-state index < -0.39 is 23.4 Å². The fourth-order valence-electron chi connectivity index (χ4n) is 4.66. The number of hydrogen-bond donors (Lipinski definition) is 3. The number of anilines is 1. The Labute approximate surface area is 200 Å². The summed E-state index contributed by atoms with van der Waals surface area (Å²) in [6, 6.07) is 19.6. The van der Waals surface area contributed by atoms with Crippen molar-refractivity contribution in [2.75, 3.05) is 18.5 Å². The average Bonchev–Trinajstić information content (AvgIpc) is 3.57. The molecule has 8 heteroatoms. The van der Waals surface area contributed by atoms with Crippen LogP contribution in [0.5, 0.6) is 0 Å². The van der Waals surface area contributed by atoms with Crippen LogP contribution < -0.4 is 10.6 Å². The monoisotopic (exact) mass is 474 g/mol. The third-order valence-corrected chi connectivity index (χ3v) is 6.58. The minimum Gasteiger partial charge on any atom is -0.478 e. The summed E-state index contributed by atoms with van der Waals surface area (Å²) in [5, 5.41) is 14.4. The zero-order chi connectivity index (χ0) is 24.5. The summed E-state index contributed by atoms with van der Waals surface area (Å²) in [6.45, 7) is 0.503. The largest absolute Gasteiger partial charge is 0.478 e. The molecule has 2 atom stereocenters. The van der Waals surface area contributed by atoms with E-state index in [0.717, 1.165) is 34.4 Å². The number of amides is 2. The van der Waals surface area contributed by atoms with Gasteiger partial charge in [0.25, 0.3) is 0 Å². The van der Waals surface area contributed by atoms with Crippen molar-refractivity contribution in [1.82, 2.24) is 5.32 Å². The summed E-state index contributed by atoms with van der Waals surface area (Å²) in [7, 11) is 0. The normalized spacial score (nSPS) is 17.7. The Balaban J connectivity index is 1.11. The van der Waals surface area contributed by atoms with Crippen molar-refractivity contribution < 1.29 is 28.6 Å². The molecule has 0 bridgehead atoms. The van der Waals surface area contributed by atoms with Crippen LogP contribution in [0.4, 0.5) is 14.9 Å². The Morgan fingerprint density at radius 1 is 0.971 bits per heavy atom. The van der Waals surface area contributed by atoms with Crippen molar-refractivity contribution in [1.29, 1.82) is 0 Å². The lowest BCUT2D eigenvalue weighted by atomic mass is 9.98. The number of nitrogens with one attached hydrogen (secondary N) is 2. The van der Waals surface area contributed by atoms with E-state index in [1.54, 1.807) is 0 Å². The lowest BCUT2D eigenvalue weighted by molar-refractivity contribution is -0.117. The highest BCUT2D eigenvalue weighted by atomic mass is 19.1. The lowest BCUT2D eigenvalue weighted by Crippen LogP contribution is -2.29. The van der Waals surface area contributed by atoms with Crippen molar-refractivity contribution in [3.8, 4) is 11.1 Å². The molecule has 2 aliphatic carbocycles. The van der Waals surface area contributed by atoms with Gasteiger partial charge in [0, 0.05) is 24.1 Å². The molecule has 0 radical (unpaired) electrons. The number of carbonyl (C=O) groups excluding carboxylic acids is 2. The molecule has 0 spiro atoms. The van der Waals surface area contributed by atoms with Gasteiger partial charge in [-0.25, -0.2) is 14.0 Å². The molecular formula is C27H23FN2O5. The number of fused-ring (bicyclic) bond motifs is 3. The van der Waals surface area contributed by atoms with Gasteiger partial charge in [-0.2, -0.15) is 0 Å². The van der Waals surface area contributed by atoms with Crippen molar-refractivity contribution in [2.24, 2.45) is 11.8 Å². The maximum Gasteiger partial charge on any atom is 0.407 e. The Morgan fingerprint density at radius 3 is 2.29 bits per heavy atom. The molecule has 3 aromatic carbocycles. The van der Waals surface area contributed by atoms with Gasteiger partial charge in [-0.05, 0) is 52.8 Å². The minimum absolute atomic E-state index is 0.0287. The molecule has 0 saturated heterocycles. The van der Waals surface area contributed by atoms with E-state index in [9.17, 15) is 18.8 Å². The van der Waals surface area contributed by atoms with E-state index in [-0.39, 0.29) is 36.0 Å². The van der Waals surface area contributed by atoms with E-state index in [2.05, 4.69) is 34.9 Å². The van der Waals surface area contributed by atoms with Crippen LogP contribution in [0.1, 0.15) is 33.8 Å². The molecule has 1 saturated carbocycles. The predicted octanol–water partition coefficient (Wildman–Crippen LogP) is 4.64. The first-order chi connectivity index (χ1) is 16.9. The van der Waals surface area contributed by atoms with Crippen molar-refractivity contribution in [2.45, 2.75) is 12.3 Å². The molecule has 1 fully saturated rings. The van der Waals surface area contributed by atoms with E-state index >= 15 is 0 Å². The second-order valence-electron chi connectivity index (χ2n) is 8.80. The van der Waals surface area contributed by atoms with E-state index in [4.69, 9.17) is 9.84 Å². The zero-order valence-electron chi connectivity index (χ0n) is 18.7. The second-order valence-corrected chi connectivity index (χ2v) is 8.80. The molecule has 7 nitrogen and oxygen atoms in total. The van der Waals surface area contributed by atoms with Gasteiger partial charge in [0.15, 0.2) is 0 Å². The summed E-state index contributed by atoms with van der Waals surface area (Å²) in [5.41, 5.74) is 4.27. The molecule has 0 heterocycles. The minimum atomic E-state index is -1.41. The first kappa shape index (κ1) is 22.6. The summed E-state index contributed by atoms with van der Waals surface area (Å²) in [6.07, 6.45) is 0.0465. The molecule has 2 amide bonds. The fourth-order valence-corrected chi connectivity index (χ4v) is 4.66. The smallest absolute Gasteiger partial charge is 0.407 e. The van der Waals surface area contributed by atoms with E-state index in [0.29, 0.717) is 13.0 Å². The average molecular weight is 474 g/mol. The number of carboxylic acids is 1. The Bertz CT molecular complexity index is 1280. The van der Waals surface area contributed by atoms with Gasteiger partial charge in [-0.1, -0.05) is 48.5 Å².